The molecule has 2 aliphatic rings. The van der Waals surface area contributed by atoms with E-state index in [0.29, 0.717) is 0 Å². The molecule has 0 unspecified atom stereocenters. The minimum Gasteiger partial charge on any atom is -0.519 e. The highest BCUT2D eigenvalue weighted by molar-refractivity contribution is 6.66. The van der Waals surface area contributed by atoms with Crippen molar-refractivity contribution < 1.29 is 128 Å². The van der Waals surface area contributed by atoms with E-state index in [1.165, 1.54) is 0 Å². The molecule has 72 heavy (non-hydrogen) atoms. The van der Waals surface area contributed by atoms with Gasteiger partial charge in [0.05, 0.1) is 43.9 Å². The smallest absolute Gasteiger partial charge is 0.519 e. The van der Waals surface area contributed by atoms with Gasteiger partial charge in [-0.2, -0.15) is 26.3 Å². The zero-order valence-corrected chi connectivity index (χ0v) is 32.6. The first-order valence-corrected chi connectivity index (χ1v) is 18.5. The van der Waals surface area contributed by atoms with E-state index in [1.54, 1.807) is 0 Å². The number of halogens is 27. The summed E-state index contributed by atoms with van der Waals surface area (Å²) < 4.78 is 429. The molecule has 0 heterocycles. The van der Waals surface area contributed by atoms with Crippen LogP contribution in [0, 0.1) is 134 Å². The summed E-state index contributed by atoms with van der Waals surface area (Å²) in [6.45, 7) is 0. The minimum absolute atomic E-state index is 2.15. The second kappa shape index (κ2) is 14.8. The van der Waals surface area contributed by atoms with Gasteiger partial charge in [-0.1, -0.05) is 0 Å². The molecule has 30 heteroatoms. The second-order valence-electron chi connectivity index (χ2n) is 15.3. The van der Waals surface area contributed by atoms with Gasteiger partial charge in [0.1, 0.15) is 0 Å². The number of hydrogen-bond acceptors (Lipinski definition) is 2. The van der Waals surface area contributed by atoms with Crippen molar-refractivity contribution in [2.45, 2.75) is 11.8 Å². The highest BCUT2D eigenvalue weighted by Gasteiger charge is 2.59. The summed E-state index contributed by atoms with van der Waals surface area (Å²) in [5, 5.41) is -14.3. The predicted molar refractivity (Wildman–Crippen MR) is 186 cm³/mol. The van der Waals surface area contributed by atoms with Crippen LogP contribution in [-0.4, -0.2) is 7.12 Å². The fourth-order valence-electron chi connectivity index (χ4n) is 8.87. The third-order valence-electron chi connectivity index (χ3n) is 11.8. The Morgan fingerprint density at radius 1 is 0.222 bits per heavy atom. The largest absolute Gasteiger partial charge is 0.636 e. The van der Waals surface area contributed by atoms with E-state index in [4.69, 9.17) is 0 Å². The minimum atomic E-state index is -5.98. The van der Waals surface area contributed by atoms with Crippen LogP contribution in [0.25, 0.3) is 54.6 Å². The number of benzene rings is 8. The van der Waals surface area contributed by atoms with Gasteiger partial charge in [0.2, 0.25) is 11.6 Å². The molecule has 0 bridgehead atoms. The molecular weight excluding hydrogens is 1060 g/mol. The zero-order chi connectivity index (χ0) is 53.1. The maximum Gasteiger partial charge on any atom is 0.636 e. The van der Waals surface area contributed by atoms with Crippen molar-refractivity contribution in [2.75, 3.05) is 0 Å². The summed E-state index contributed by atoms with van der Waals surface area (Å²) in [5.41, 5.74) is -25.5. The highest BCUT2D eigenvalue weighted by atomic mass is 19.3. The summed E-state index contributed by atoms with van der Waals surface area (Å²) in [4.78, 5) is 0. The van der Waals surface area contributed by atoms with Crippen LogP contribution >= 0.6 is 0 Å². The molecule has 0 aromatic heterocycles. The van der Waals surface area contributed by atoms with Crippen molar-refractivity contribution in [2.24, 2.45) is 0 Å². The Hall–Kier alpha value is -7.43. The number of rotatable bonds is 5. The topological polar surface area (TPSA) is 18.5 Å². The van der Waals surface area contributed by atoms with Crippen molar-refractivity contribution in [1.82, 2.24) is 0 Å². The highest BCUT2D eigenvalue weighted by Crippen LogP contribution is 2.61. The van der Waals surface area contributed by atoms with E-state index in [2.05, 4.69) is 9.31 Å². The number of hydrogen-bond donors (Lipinski definition) is 0. The quantitative estimate of drug-likeness (QED) is 0.0562. The molecule has 0 spiro atoms. The van der Waals surface area contributed by atoms with E-state index in [1.807, 2.05) is 0 Å². The lowest BCUT2D eigenvalue weighted by molar-refractivity contribution is 0.0402. The molecule has 0 atom stereocenters. The van der Waals surface area contributed by atoms with E-state index in [0.717, 1.165) is 0 Å². The molecule has 0 amide bonds. The van der Waals surface area contributed by atoms with Crippen molar-refractivity contribution in [3.63, 3.8) is 0 Å². The van der Waals surface area contributed by atoms with Crippen LogP contribution in [-0.2, 0) is 11.8 Å². The van der Waals surface area contributed by atoms with Gasteiger partial charge in [-0.15, -0.1) is 0 Å². The monoisotopic (exact) mass is 1060 g/mol. The van der Waals surface area contributed by atoms with Crippen molar-refractivity contribution in [1.29, 1.82) is 0 Å². The molecule has 0 radical (unpaired) electrons. The number of alkyl halides is 4. The van der Waals surface area contributed by atoms with Crippen LogP contribution in [0.15, 0.2) is 0 Å². The van der Waals surface area contributed by atoms with Gasteiger partial charge in [-0.05, 0) is 0 Å². The molecule has 10 rings (SSSR count). The first-order valence-electron chi connectivity index (χ1n) is 18.5. The lowest BCUT2D eigenvalue weighted by atomic mass is 9.72. The van der Waals surface area contributed by atoms with Crippen molar-refractivity contribution in [3.8, 4) is 33.8 Å². The summed E-state index contributed by atoms with van der Waals surface area (Å²) in [5.74, 6) is -91.3. The summed E-state index contributed by atoms with van der Waals surface area (Å²) in [6, 6.07) is 0. The van der Waals surface area contributed by atoms with E-state index < -0.39 is 247 Å². The fraction of sp³-hybridized carbons (Fsp3) is 0.0476. The molecule has 2 nitrogen and oxygen atoms in total. The van der Waals surface area contributed by atoms with Crippen LogP contribution in [0.3, 0.4) is 0 Å². The molecule has 0 saturated carbocycles. The van der Waals surface area contributed by atoms with Gasteiger partial charge in [-0.3, -0.25) is 0 Å². The predicted octanol–water partition coefficient (Wildman–Crippen LogP) is 13.9. The van der Waals surface area contributed by atoms with E-state index in [9.17, 15) is 22.0 Å². The van der Waals surface area contributed by atoms with Gasteiger partial charge in [0, 0.05) is 38.4 Å². The Kier molecular flexibility index (Phi) is 9.93. The molecule has 8 aromatic rings. The summed E-state index contributed by atoms with van der Waals surface area (Å²) in [6.07, 6.45) is 0. The molecular formula is C42BF27O2. The average molecular weight is 1060 g/mol. The third-order valence-corrected chi connectivity index (χ3v) is 11.8. The standard InChI is InChI=1S/C42BF27O2/c44-16-3-5-13(41(67,68)11(3)27(55)35(63)31(16)59)39(37(65)33(61)18(5)46)71-43(72-40-14-6(19(47)34(62)38(40)66)4-12(42(14,69)70)28(56)36(64)32(60)17(4)45)15-7-1-2-9(21(49)20(7)48)25(53)30(58)26(54)10(2)23(51)22(50)8(1)24(52)29(15)57. The molecule has 0 aliphatic heterocycles. The van der Waals surface area contributed by atoms with Crippen molar-refractivity contribution in [3.05, 3.63) is 156 Å². The molecule has 0 N–H and O–H groups in total. The van der Waals surface area contributed by atoms with E-state index in [-0.39, 0.29) is 0 Å². The Morgan fingerprint density at radius 3 is 0.806 bits per heavy atom. The maximum absolute atomic E-state index is 16.8. The van der Waals surface area contributed by atoms with Crippen LogP contribution in [0.1, 0.15) is 22.3 Å². The Balaban J connectivity index is 1.39. The van der Waals surface area contributed by atoms with Crippen LogP contribution in [0.5, 0.6) is 11.5 Å². The molecule has 2 aliphatic carbocycles. The van der Waals surface area contributed by atoms with Crippen molar-refractivity contribution >= 4 is 44.9 Å². The zero-order valence-electron chi connectivity index (χ0n) is 32.6. The molecule has 0 saturated heterocycles. The van der Waals surface area contributed by atoms with Crippen LogP contribution in [0.2, 0.25) is 0 Å². The SMILES string of the molecule is Fc1c(F)c(F)c2c(c1F)-c1c(F)c(F)c(F)c(OB(Oc3c(F)c(F)c(F)c4c3C(F)(F)c3c(F)c(F)c(F)c(F)c3-4)c3c(F)c(F)c4c(F)c(F)c5c(F)c(F)c(F)c6c(F)c(F)c3c4c56)c1C2(F)F. The summed E-state index contributed by atoms with van der Waals surface area (Å²) >= 11 is 0. The third kappa shape index (κ3) is 5.45. The molecule has 0 fully saturated rings. The van der Waals surface area contributed by atoms with E-state index >= 15 is 96.6 Å². The first kappa shape index (κ1) is 48.2. The van der Waals surface area contributed by atoms with Gasteiger partial charge >= 0.3 is 19.0 Å². The van der Waals surface area contributed by atoms with Gasteiger partial charge in [-0.25, -0.2) is 92.2 Å². The maximum atomic E-state index is 16.8. The van der Waals surface area contributed by atoms with Gasteiger partial charge in [0.25, 0.3) is 0 Å². The molecule has 372 valence electrons. The Bertz CT molecular complexity index is 3750. The lowest BCUT2D eigenvalue weighted by Crippen LogP contribution is -2.47. The number of fused-ring (bicyclic) bond motifs is 6. The Labute approximate surface area is 374 Å². The average Bonchev–Trinajstić information content (AvgIpc) is 3.73. The van der Waals surface area contributed by atoms with Gasteiger partial charge < -0.3 is 9.31 Å². The fourth-order valence-corrected chi connectivity index (χ4v) is 8.87. The normalized spacial score (nSPS) is 14.3. The lowest BCUT2D eigenvalue weighted by Gasteiger charge is -2.26. The van der Waals surface area contributed by atoms with Crippen LogP contribution in [0.4, 0.5) is 119 Å². The second-order valence-corrected chi connectivity index (χ2v) is 15.3. The Morgan fingerprint density at radius 2 is 0.458 bits per heavy atom. The van der Waals surface area contributed by atoms with Gasteiger partial charge in [0.15, 0.2) is 134 Å². The molecule has 8 aromatic carbocycles. The first-order chi connectivity index (χ1) is 33.4. The van der Waals surface area contributed by atoms with Crippen LogP contribution < -0.4 is 14.8 Å². The summed E-state index contributed by atoms with van der Waals surface area (Å²) in [7, 11) is -4.70.